The number of hydrazine groups is 1. The Hall–Kier alpha value is -2.15. The average Bonchev–Trinajstić information content (AvgIpc) is 2.39. The van der Waals surface area contributed by atoms with Crippen molar-refractivity contribution in [3.63, 3.8) is 0 Å². The molecule has 8 heteroatoms. The molecule has 96 valence electrons. The molecule has 18 heavy (non-hydrogen) atoms. The summed E-state index contributed by atoms with van der Waals surface area (Å²) in [4.78, 5) is 33.2. The Morgan fingerprint density at radius 1 is 1.28 bits per heavy atom. The lowest BCUT2D eigenvalue weighted by atomic mass is 10.2. The van der Waals surface area contributed by atoms with Gasteiger partial charge in [-0.1, -0.05) is 18.2 Å². The largest absolute Gasteiger partial charge is 0.341 e. The van der Waals surface area contributed by atoms with Gasteiger partial charge in [-0.3, -0.25) is 10.1 Å². The summed E-state index contributed by atoms with van der Waals surface area (Å²) in [5, 5.41) is 5.26. The lowest BCUT2D eigenvalue weighted by molar-refractivity contribution is 0.0954. The van der Waals surface area contributed by atoms with Crippen molar-refractivity contribution < 1.29 is 9.59 Å². The van der Waals surface area contributed by atoms with Crippen molar-refractivity contribution in [2.75, 3.05) is 12.4 Å². The number of urea groups is 1. The molecule has 0 unspecified atom stereocenters. The summed E-state index contributed by atoms with van der Waals surface area (Å²) in [6.45, 7) is 0.0397. The van der Waals surface area contributed by atoms with Gasteiger partial charge in [-0.2, -0.15) is 5.12 Å². The minimum Gasteiger partial charge on any atom is -0.273 e. The van der Waals surface area contributed by atoms with Gasteiger partial charge in [-0.15, -0.1) is 16.5 Å². The topological polar surface area (TPSA) is 90.9 Å². The highest BCUT2D eigenvalue weighted by Gasteiger charge is 2.12. The molecule has 0 heterocycles. The zero-order chi connectivity index (χ0) is 13.4. The molecule has 0 aliphatic heterocycles. The van der Waals surface area contributed by atoms with Gasteiger partial charge in [0.15, 0.2) is 0 Å². The number of imide groups is 1. The Labute approximate surface area is 108 Å². The zero-order valence-electron chi connectivity index (χ0n) is 9.30. The van der Waals surface area contributed by atoms with Crippen LogP contribution in [0.25, 0.3) is 0 Å². The van der Waals surface area contributed by atoms with Crippen molar-refractivity contribution in [3.05, 3.63) is 40.8 Å². The Balaban J connectivity index is 2.50. The number of nitrogens with zero attached hydrogens (tertiary/aromatic N) is 2. The Morgan fingerprint density at radius 3 is 2.50 bits per heavy atom. The lowest BCUT2D eigenvalue weighted by Crippen LogP contribution is -2.47. The van der Waals surface area contributed by atoms with Gasteiger partial charge in [0.1, 0.15) is 0 Å². The van der Waals surface area contributed by atoms with Crippen LogP contribution in [0.5, 0.6) is 0 Å². The van der Waals surface area contributed by atoms with E-state index in [9.17, 15) is 14.5 Å². The maximum absolute atomic E-state index is 11.6. The minimum absolute atomic E-state index is 0.0397. The standard InChI is InChI=1S/C10H11ClN4O3/c11-6-7-15(14-18)13-10(17)12-9(16)8-4-2-1-3-5-8/h1-5H,6-7H2,(H2,12,13,16,17). The van der Waals surface area contributed by atoms with Crippen molar-refractivity contribution >= 4 is 23.5 Å². The minimum atomic E-state index is -0.853. The molecule has 0 saturated carbocycles. The summed E-state index contributed by atoms with van der Waals surface area (Å²) in [7, 11) is 0. The van der Waals surface area contributed by atoms with Crippen LogP contribution in [0, 0.1) is 4.91 Å². The van der Waals surface area contributed by atoms with Gasteiger partial charge in [0.05, 0.1) is 11.8 Å². The first-order valence-electron chi connectivity index (χ1n) is 5.01. The van der Waals surface area contributed by atoms with Crippen molar-refractivity contribution in [3.8, 4) is 0 Å². The summed E-state index contributed by atoms with van der Waals surface area (Å²) in [6, 6.07) is 7.33. The van der Waals surface area contributed by atoms with E-state index in [0.29, 0.717) is 10.7 Å². The SMILES string of the molecule is O=NN(CCCl)NC(=O)NC(=O)c1ccccc1. The van der Waals surface area contributed by atoms with Gasteiger partial charge >= 0.3 is 6.03 Å². The van der Waals surface area contributed by atoms with Gasteiger partial charge < -0.3 is 0 Å². The first-order chi connectivity index (χ1) is 8.67. The van der Waals surface area contributed by atoms with E-state index in [1.54, 1.807) is 30.3 Å². The average molecular weight is 271 g/mol. The van der Waals surface area contributed by atoms with Gasteiger partial charge in [0.2, 0.25) is 0 Å². The van der Waals surface area contributed by atoms with Crippen LogP contribution < -0.4 is 10.7 Å². The third-order valence-corrected chi connectivity index (χ3v) is 2.06. The predicted octanol–water partition coefficient (Wildman–Crippen LogP) is 1.26. The lowest BCUT2D eigenvalue weighted by Gasteiger charge is -2.14. The number of hydrogen-bond donors (Lipinski definition) is 2. The second-order valence-corrected chi connectivity index (χ2v) is 3.53. The number of amides is 3. The number of nitrogens with one attached hydrogen (secondary N) is 2. The van der Waals surface area contributed by atoms with Crippen molar-refractivity contribution in [1.29, 1.82) is 0 Å². The highest BCUT2D eigenvalue weighted by Crippen LogP contribution is 1.97. The molecule has 0 aromatic heterocycles. The fourth-order valence-electron chi connectivity index (χ4n) is 1.11. The normalized spacial score (nSPS) is 9.39. The fourth-order valence-corrected chi connectivity index (χ4v) is 1.27. The highest BCUT2D eigenvalue weighted by atomic mass is 35.5. The van der Waals surface area contributed by atoms with Gasteiger partial charge in [-0.25, -0.2) is 10.2 Å². The van der Waals surface area contributed by atoms with E-state index in [4.69, 9.17) is 11.6 Å². The van der Waals surface area contributed by atoms with E-state index in [0.717, 1.165) is 0 Å². The zero-order valence-corrected chi connectivity index (χ0v) is 10.1. The molecule has 2 N–H and O–H groups in total. The molecule has 1 rings (SSSR count). The summed E-state index contributed by atoms with van der Waals surface area (Å²) >= 11 is 5.38. The number of hydrogen-bond acceptors (Lipinski definition) is 4. The van der Waals surface area contributed by atoms with Gasteiger partial charge in [-0.05, 0) is 12.1 Å². The third kappa shape index (κ3) is 4.38. The molecule has 0 radical (unpaired) electrons. The summed E-state index contributed by atoms with van der Waals surface area (Å²) in [5.74, 6) is -0.469. The van der Waals surface area contributed by atoms with E-state index in [1.807, 2.05) is 5.32 Å². The Bertz CT molecular complexity index is 426. The molecule has 0 atom stereocenters. The number of nitroso groups, excluding NO2 is 1. The van der Waals surface area contributed by atoms with E-state index < -0.39 is 11.9 Å². The van der Waals surface area contributed by atoms with E-state index >= 15 is 0 Å². The molecule has 0 fully saturated rings. The van der Waals surface area contributed by atoms with Gasteiger partial charge in [0.25, 0.3) is 5.91 Å². The van der Waals surface area contributed by atoms with Crippen LogP contribution in [0.3, 0.4) is 0 Å². The van der Waals surface area contributed by atoms with E-state index in [1.165, 1.54) is 0 Å². The van der Waals surface area contributed by atoms with Crippen molar-refractivity contribution in [1.82, 2.24) is 15.9 Å². The Kier molecular flexibility index (Phi) is 5.59. The molecule has 0 spiro atoms. The van der Waals surface area contributed by atoms with Crippen LogP contribution in [-0.4, -0.2) is 29.5 Å². The van der Waals surface area contributed by atoms with Crippen LogP contribution >= 0.6 is 11.6 Å². The number of benzene rings is 1. The molecular formula is C10H11ClN4O3. The molecule has 0 saturated heterocycles. The third-order valence-electron chi connectivity index (χ3n) is 1.89. The molecular weight excluding hydrogens is 260 g/mol. The molecule has 7 nitrogen and oxygen atoms in total. The second kappa shape index (κ2) is 7.23. The predicted molar refractivity (Wildman–Crippen MR) is 65.7 cm³/mol. The maximum atomic E-state index is 11.6. The van der Waals surface area contributed by atoms with E-state index in [2.05, 4.69) is 10.7 Å². The first-order valence-corrected chi connectivity index (χ1v) is 5.54. The summed E-state index contributed by atoms with van der Waals surface area (Å²) in [5.41, 5.74) is 2.40. The van der Waals surface area contributed by atoms with Crippen LogP contribution in [-0.2, 0) is 0 Å². The molecule has 0 aliphatic rings. The quantitative estimate of drug-likeness (QED) is 0.479. The molecule has 3 amide bonds. The highest BCUT2D eigenvalue weighted by molar-refractivity contribution is 6.18. The number of halogens is 1. The second-order valence-electron chi connectivity index (χ2n) is 3.15. The van der Waals surface area contributed by atoms with Crippen LogP contribution in [0.15, 0.2) is 35.6 Å². The smallest absolute Gasteiger partial charge is 0.273 e. The summed E-state index contributed by atoms with van der Waals surface area (Å²) < 4.78 is 0. The molecule has 0 aliphatic carbocycles. The number of carbonyl (C=O) groups is 2. The maximum Gasteiger partial charge on any atom is 0.341 e. The number of alkyl halides is 1. The Morgan fingerprint density at radius 2 is 1.94 bits per heavy atom. The molecule has 1 aromatic rings. The molecule has 1 aromatic carbocycles. The van der Waals surface area contributed by atoms with Crippen LogP contribution in [0.2, 0.25) is 0 Å². The van der Waals surface area contributed by atoms with Gasteiger partial charge in [0, 0.05) is 11.4 Å². The van der Waals surface area contributed by atoms with Crippen molar-refractivity contribution in [2.24, 2.45) is 5.29 Å². The fraction of sp³-hybridized carbons (Fsp3) is 0.200. The summed E-state index contributed by atoms with van der Waals surface area (Å²) in [6.07, 6.45) is 0. The molecule has 0 bridgehead atoms. The van der Waals surface area contributed by atoms with E-state index in [-0.39, 0.29) is 12.4 Å². The van der Waals surface area contributed by atoms with Crippen molar-refractivity contribution in [2.45, 2.75) is 0 Å². The monoisotopic (exact) mass is 270 g/mol. The van der Waals surface area contributed by atoms with Crippen LogP contribution in [0.4, 0.5) is 4.79 Å². The van der Waals surface area contributed by atoms with Crippen LogP contribution in [0.1, 0.15) is 10.4 Å². The first kappa shape index (κ1) is 13.9. The number of carbonyl (C=O) groups excluding carboxylic acids is 2. The number of rotatable bonds is 5.